The highest BCUT2D eigenvalue weighted by Gasteiger charge is 2.30. The molecule has 0 bridgehead atoms. The third kappa shape index (κ3) is 3.99. The van der Waals surface area contributed by atoms with Gasteiger partial charge in [-0.3, -0.25) is 14.9 Å². The second-order valence-corrected chi connectivity index (χ2v) is 7.74. The molecular weight excluding hydrogens is 436 g/mol. The summed E-state index contributed by atoms with van der Waals surface area (Å²) in [7, 11) is 1.57. The number of halogens is 1. The van der Waals surface area contributed by atoms with Crippen LogP contribution < -0.4 is 9.64 Å². The maximum Gasteiger partial charge on any atom is 0.271 e. The molecule has 3 aromatic rings. The van der Waals surface area contributed by atoms with Crippen molar-refractivity contribution in [1.82, 2.24) is 10.1 Å². The number of nitrogens with zero attached hydrogens (tertiary/aromatic N) is 4. The van der Waals surface area contributed by atoms with Gasteiger partial charge in [-0.25, -0.2) is 0 Å². The van der Waals surface area contributed by atoms with Gasteiger partial charge in [-0.2, -0.15) is 0 Å². The summed E-state index contributed by atoms with van der Waals surface area (Å²) in [5, 5.41) is 15.4. The van der Waals surface area contributed by atoms with E-state index in [0.29, 0.717) is 65.2 Å². The van der Waals surface area contributed by atoms with Crippen molar-refractivity contribution in [3.63, 3.8) is 0 Å². The van der Waals surface area contributed by atoms with E-state index in [1.54, 1.807) is 31.1 Å². The number of aryl methyl sites for hydroxylation is 1. The molecule has 0 N–H and O–H groups in total. The molecule has 166 valence electrons. The number of piperazine rings is 1. The molecule has 1 aromatic heterocycles. The molecule has 0 radical (unpaired) electrons. The van der Waals surface area contributed by atoms with Gasteiger partial charge in [0.15, 0.2) is 0 Å². The number of rotatable bonds is 5. The summed E-state index contributed by atoms with van der Waals surface area (Å²) in [6.45, 7) is 3.71. The molecule has 0 spiro atoms. The molecule has 32 heavy (non-hydrogen) atoms. The van der Waals surface area contributed by atoms with Crippen LogP contribution in [0.15, 0.2) is 47.0 Å². The Morgan fingerprint density at radius 3 is 2.56 bits per heavy atom. The molecule has 4 rings (SSSR count). The van der Waals surface area contributed by atoms with Gasteiger partial charge in [-0.05, 0) is 25.1 Å². The predicted octanol–water partition coefficient (Wildman–Crippen LogP) is 4.18. The molecule has 0 aliphatic carbocycles. The minimum Gasteiger partial charge on any atom is -0.496 e. The molecule has 2 aromatic carbocycles. The van der Waals surface area contributed by atoms with Crippen molar-refractivity contribution < 1.29 is 19.0 Å². The largest absolute Gasteiger partial charge is 0.496 e. The summed E-state index contributed by atoms with van der Waals surface area (Å²) in [6.07, 6.45) is 0. The fourth-order valence-corrected chi connectivity index (χ4v) is 4.12. The average Bonchev–Trinajstić information content (AvgIpc) is 3.19. The highest BCUT2D eigenvalue weighted by atomic mass is 35.5. The molecule has 0 saturated carbocycles. The SMILES string of the molecule is COc1ccccc1-c1noc(C)c1C(=O)N1CCN(c2ccc([N+](=O)[O-])cc2Cl)CC1. The molecule has 10 heteroatoms. The van der Waals surface area contributed by atoms with Crippen LogP contribution in [-0.4, -0.2) is 54.2 Å². The first-order valence-corrected chi connectivity index (χ1v) is 10.4. The maximum atomic E-state index is 13.4. The second-order valence-electron chi connectivity index (χ2n) is 7.33. The first kappa shape index (κ1) is 21.6. The zero-order valence-electron chi connectivity index (χ0n) is 17.6. The Morgan fingerprint density at radius 1 is 1.19 bits per heavy atom. The van der Waals surface area contributed by atoms with Gasteiger partial charge in [0.2, 0.25) is 0 Å². The van der Waals surface area contributed by atoms with Gasteiger partial charge in [0.05, 0.1) is 22.7 Å². The topological polar surface area (TPSA) is 102 Å². The number of aromatic nitrogens is 1. The fourth-order valence-electron chi connectivity index (χ4n) is 3.82. The lowest BCUT2D eigenvalue weighted by Crippen LogP contribution is -2.49. The molecule has 2 heterocycles. The summed E-state index contributed by atoms with van der Waals surface area (Å²) >= 11 is 6.27. The molecule has 0 unspecified atom stereocenters. The number of methoxy groups -OCH3 is 1. The van der Waals surface area contributed by atoms with Crippen molar-refractivity contribution >= 4 is 28.9 Å². The van der Waals surface area contributed by atoms with Gasteiger partial charge in [-0.15, -0.1) is 0 Å². The number of ether oxygens (including phenoxy) is 1. The van der Waals surface area contributed by atoms with Gasteiger partial charge in [0.1, 0.15) is 22.8 Å². The molecule has 1 aliphatic rings. The molecule has 0 atom stereocenters. The third-order valence-electron chi connectivity index (χ3n) is 5.49. The number of hydrogen-bond acceptors (Lipinski definition) is 7. The Labute approximate surface area is 189 Å². The molecule has 1 saturated heterocycles. The minimum absolute atomic E-state index is 0.0561. The van der Waals surface area contributed by atoms with Crippen LogP contribution in [0.2, 0.25) is 5.02 Å². The van der Waals surface area contributed by atoms with Crippen molar-refractivity contribution in [2.75, 3.05) is 38.2 Å². The highest BCUT2D eigenvalue weighted by molar-refractivity contribution is 6.33. The van der Waals surface area contributed by atoms with Gasteiger partial charge in [0.25, 0.3) is 11.6 Å². The standard InChI is InChI=1S/C22H21ClN4O5/c1-14-20(21(24-32-14)16-5-3-4-6-19(16)31-2)22(28)26-11-9-25(10-12-26)18-8-7-15(27(29)30)13-17(18)23/h3-8,13H,9-12H2,1-2H3. The molecular formula is C22H21ClN4O5. The van der Waals surface area contributed by atoms with Gasteiger partial charge >= 0.3 is 0 Å². The van der Waals surface area contributed by atoms with Crippen LogP contribution in [0.5, 0.6) is 5.75 Å². The van der Waals surface area contributed by atoms with E-state index in [1.165, 1.54) is 12.1 Å². The number of hydrogen-bond donors (Lipinski definition) is 0. The molecule has 1 amide bonds. The smallest absolute Gasteiger partial charge is 0.271 e. The number of carbonyl (C=O) groups is 1. The zero-order valence-corrected chi connectivity index (χ0v) is 18.3. The van der Waals surface area contributed by atoms with Crippen molar-refractivity contribution in [3.05, 3.63) is 68.9 Å². The van der Waals surface area contributed by atoms with Crippen LogP contribution >= 0.6 is 11.6 Å². The lowest BCUT2D eigenvalue weighted by atomic mass is 10.0. The zero-order chi connectivity index (χ0) is 22.8. The van der Waals surface area contributed by atoms with Crippen molar-refractivity contribution in [1.29, 1.82) is 0 Å². The monoisotopic (exact) mass is 456 g/mol. The minimum atomic E-state index is -0.479. The van der Waals surface area contributed by atoms with Crippen molar-refractivity contribution in [2.24, 2.45) is 0 Å². The number of carbonyl (C=O) groups excluding carboxylic acids is 1. The Hall–Kier alpha value is -3.59. The van der Waals surface area contributed by atoms with E-state index in [1.807, 2.05) is 23.1 Å². The number of anilines is 1. The summed E-state index contributed by atoms with van der Waals surface area (Å²) in [4.78, 5) is 27.6. The number of benzene rings is 2. The summed E-state index contributed by atoms with van der Waals surface area (Å²) in [6, 6.07) is 11.7. The Balaban J connectivity index is 1.53. The van der Waals surface area contributed by atoms with E-state index < -0.39 is 4.92 Å². The number of nitro groups is 1. The van der Waals surface area contributed by atoms with Crippen molar-refractivity contribution in [2.45, 2.75) is 6.92 Å². The normalized spacial score (nSPS) is 13.8. The second kappa shape index (κ2) is 8.88. The van der Waals surface area contributed by atoms with Crippen LogP contribution in [0.4, 0.5) is 11.4 Å². The van der Waals surface area contributed by atoms with E-state index in [-0.39, 0.29) is 11.6 Å². The van der Waals surface area contributed by atoms with E-state index in [2.05, 4.69) is 5.16 Å². The first-order valence-electron chi connectivity index (χ1n) is 9.98. The molecule has 1 fully saturated rings. The summed E-state index contributed by atoms with van der Waals surface area (Å²) in [5.41, 5.74) is 2.20. The third-order valence-corrected chi connectivity index (χ3v) is 5.79. The Bertz CT molecular complexity index is 1170. The number of nitro benzene ring substituents is 1. The molecule has 1 aliphatic heterocycles. The average molecular weight is 457 g/mol. The number of para-hydroxylation sites is 1. The van der Waals surface area contributed by atoms with E-state index >= 15 is 0 Å². The Morgan fingerprint density at radius 2 is 1.91 bits per heavy atom. The highest BCUT2D eigenvalue weighted by Crippen LogP contribution is 2.34. The van der Waals surface area contributed by atoms with Gasteiger partial charge < -0.3 is 19.1 Å². The van der Waals surface area contributed by atoms with E-state index in [4.69, 9.17) is 20.9 Å². The van der Waals surface area contributed by atoms with Crippen molar-refractivity contribution in [3.8, 4) is 17.0 Å². The quantitative estimate of drug-likeness (QED) is 0.419. The van der Waals surface area contributed by atoms with Crippen LogP contribution in [0.25, 0.3) is 11.3 Å². The van der Waals surface area contributed by atoms with Gasteiger partial charge in [-0.1, -0.05) is 28.9 Å². The first-order chi connectivity index (χ1) is 15.4. The summed E-state index contributed by atoms with van der Waals surface area (Å²) in [5.74, 6) is 0.878. The lowest BCUT2D eigenvalue weighted by molar-refractivity contribution is -0.384. The molecule has 9 nitrogen and oxygen atoms in total. The Kier molecular flexibility index (Phi) is 6.00. The summed E-state index contributed by atoms with van der Waals surface area (Å²) < 4.78 is 10.8. The maximum absolute atomic E-state index is 13.4. The lowest BCUT2D eigenvalue weighted by Gasteiger charge is -2.36. The van der Waals surface area contributed by atoms with Crippen LogP contribution in [0.3, 0.4) is 0 Å². The van der Waals surface area contributed by atoms with Crippen LogP contribution in [0.1, 0.15) is 16.1 Å². The number of non-ortho nitro benzene ring substituents is 1. The van der Waals surface area contributed by atoms with E-state index in [0.717, 1.165) is 0 Å². The predicted molar refractivity (Wildman–Crippen MR) is 119 cm³/mol. The van der Waals surface area contributed by atoms with Crippen LogP contribution in [0, 0.1) is 17.0 Å². The number of amides is 1. The van der Waals surface area contributed by atoms with Gasteiger partial charge in [0, 0.05) is 43.9 Å². The fraction of sp³-hybridized carbons (Fsp3) is 0.273. The van der Waals surface area contributed by atoms with E-state index in [9.17, 15) is 14.9 Å². The van der Waals surface area contributed by atoms with Crippen LogP contribution in [-0.2, 0) is 0 Å².